The molecular weight excluding hydrogens is 333 g/mol. The lowest BCUT2D eigenvalue weighted by atomic mass is 10.1. The van der Waals surface area contributed by atoms with Crippen molar-refractivity contribution in [2.45, 2.75) is 13.0 Å². The number of hydrogen-bond acceptors (Lipinski definition) is 2. The average molecular weight is 350 g/mol. The zero-order valence-corrected chi connectivity index (χ0v) is 13.5. The minimum Gasteiger partial charge on any atom is -0.384 e. The second kappa shape index (κ2) is 6.26. The minimum atomic E-state index is -0.212. The van der Waals surface area contributed by atoms with Gasteiger partial charge in [-0.1, -0.05) is 18.2 Å². The first kappa shape index (κ1) is 15.5. The first-order valence-electron chi connectivity index (χ1n) is 6.53. The molecule has 0 aliphatic rings. The quantitative estimate of drug-likeness (QED) is 0.645. The Labute approximate surface area is 132 Å². The summed E-state index contributed by atoms with van der Waals surface area (Å²) in [5.41, 5.74) is 7.71. The van der Waals surface area contributed by atoms with Crippen LogP contribution in [0.3, 0.4) is 0 Å². The Morgan fingerprint density at radius 1 is 1.29 bits per heavy atom. The fourth-order valence-electron chi connectivity index (χ4n) is 2.19. The molecule has 5 heteroatoms. The first-order chi connectivity index (χ1) is 9.91. The summed E-state index contributed by atoms with van der Waals surface area (Å²) in [5.74, 6) is -0.200. The zero-order valence-electron chi connectivity index (χ0n) is 11.9. The Morgan fingerprint density at radius 3 is 2.52 bits per heavy atom. The second-order valence-corrected chi connectivity index (χ2v) is 5.74. The van der Waals surface area contributed by atoms with E-state index < -0.39 is 0 Å². The summed E-state index contributed by atoms with van der Waals surface area (Å²) < 4.78 is 14.6. The first-order valence-corrected chi connectivity index (χ1v) is 7.32. The van der Waals surface area contributed by atoms with Crippen molar-refractivity contribution in [1.82, 2.24) is 0 Å². The van der Waals surface area contributed by atoms with E-state index in [1.54, 1.807) is 18.2 Å². The molecule has 0 heterocycles. The molecular formula is C16H17BrFN3. The zero-order chi connectivity index (χ0) is 15.6. The molecule has 1 atom stereocenters. The highest BCUT2D eigenvalue weighted by Crippen LogP contribution is 2.30. The van der Waals surface area contributed by atoms with Gasteiger partial charge in [-0.25, -0.2) is 4.39 Å². The Balaban J connectivity index is 2.32. The predicted molar refractivity (Wildman–Crippen MR) is 88.4 cm³/mol. The van der Waals surface area contributed by atoms with Gasteiger partial charge in [-0.3, -0.25) is 5.41 Å². The van der Waals surface area contributed by atoms with Crippen LogP contribution in [0.5, 0.6) is 0 Å². The van der Waals surface area contributed by atoms with E-state index in [2.05, 4.69) is 15.9 Å². The number of nitrogens with zero attached hydrogens (tertiary/aromatic N) is 1. The maximum Gasteiger partial charge on any atom is 0.128 e. The summed E-state index contributed by atoms with van der Waals surface area (Å²) in [6, 6.07) is 12.2. The standard InChI is InChI=1S/C16H17BrFN3/c1-10(12-5-3-4-6-15(12)18)21(2)11-7-8-13(16(19)20)14(17)9-11/h3-10H,1-2H3,(H3,19,20). The van der Waals surface area contributed by atoms with Crippen LogP contribution >= 0.6 is 15.9 Å². The lowest BCUT2D eigenvalue weighted by Gasteiger charge is -2.28. The largest absolute Gasteiger partial charge is 0.384 e. The van der Waals surface area contributed by atoms with Crippen molar-refractivity contribution in [3.8, 4) is 0 Å². The minimum absolute atomic E-state index is 0.0123. The molecule has 0 saturated heterocycles. The number of hydrogen-bond donors (Lipinski definition) is 2. The molecule has 0 bridgehead atoms. The molecule has 2 rings (SSSR count). The Hall–Kier alpha value is -1.88. The van der Waals surface area contributed by atoms with Gasteiger partial charge in [0.1, 0.15) is 11.7 Å². The molecule has 2 aromatic rings. The number of amidine groups is 1. The lowest BCUT2D eigenvalue weighted by Crippen LogP contribution is -2.22. The summed E-state index contributed by atoms with van der Waals surface area (Å²) in [5, 5.41) is 7.49. The predicted octanol–water partition coefficient (Wildman–Crippen LogP) is 4.07. The van der Waals surface area contributed by atoms with Crippen LogP contribution < -0.4 is 10.6 Å². The topological polar surface area (TPSA) is 53.1 Å². The van der Waals surface area contributed by atoms with Gasteiger partial charge in [-0.05, 0) is 47.1 Å². The van der Waals surface area contributed by atoms with Gasteiger partial charge in [0, 0.05) is 28.3 Å². The van der Waals surface area contributed by atoms with Crippen molar-refractivity contribution in [1.29, 1.82) is 5.41 Å². The number of benzene rings is 2. The van der Waals surface area contributed by atoms with Crippen LogP contribution in [-0.2, 0) is 0 Å². The van der Waals surface area contributed by atoms with Gasteiger partial charge < -0.3 is 10.6 Å². The average Bonchev–Trinajstić information content (AvgIpc) is 2.45. The normalized spacial score (nSPS) is 12.0. The monoisotopic (exact) mass is 349 g/mol. The summed E-state index contributed by atoms with van der Waals surface area (Å²) in [4.78, 5) is 1.98. The molecule has 0 amide bonds. The van der Waals surface area contributed by atoms with Crippen LogP contribution in [0.25, 0.3) is 0 Å². The Bertz CT molecular complexity index is 672. The van der Waals surface area contributed by atoms with E-state index in [0.717, 1.165) is 10.2 Å². The van der Waals surface area contributed by atoms with E-state index in [9.17, 15) is 4.39 Å². The number of nitrogen functional groups attached to an aromatic ring is 1. The van der Waals surface area contributed by atoms with Gasteiger partial charge in [0.25, 0.3) is 0 Å². The third kappa shape index (κ3) is 3.24. The molecule has 0 aliphatic carbocycles. The fraction of sp³-hybridized carbons (Fsp3) is 0.188. The number of anilines is 1. The Morgan fingerprint density at radius 2 is 1.95 bits per heavy atom. The van der Waals surface area contributed by atoms with Crippen LogP contribution in [0.4, 0.5) is 10.1 Å². The van der Waals surface area contributed by atoms with E-state index in [4.69, 9.17) is 11.1 Å². The van der Waals surface area contributed by atoms with Crippen molar-refractivity contribution in [3.63, 3.8) is 0 Å². The van der Waals surface area contributed by atoms with Crippen molar-refractivity contribution < 1.29 is 4.39 Å². The molecule has 110 valence electrons. The van der Waals surface area contributed by atoms with E-state index in [1.807, 2.05) is 37.1 Å². The van der Waals surface area contributed by atoms with Gasteiger partial charge >= 0.3 is 0 Å². The molecule has 21 heavy (non-hydrogen) atoms. The van der Waals surface area contributed by atoms with Crippen molar-refractivity contribution in [2.24, 2.45) is 5.73 Å². The van der Waals surface area contributed by atoms with E-state index in [1.165, 1.54) is 6.07 Å². The van der Waals surface area contributed by atoms with Crippen LogP contribution in [0.2, 0.25) is 0 Å². The number of nitrogens with one attached hydrogen (secondary N) is 1. The third-order valence-electron chi connectivity index (χ3n) is 3.59. The molecule has 2 aromatic carbocycles. The van der Waals surface area contributed by atoms with Gasteiger partial charge in [0.2, 0.25) is 0 Å². The fourth-order valence-corrected chi connectivity index (χ4v) is 2.77. The van der Waals surface area contributed by atoms with Crippen LogP contribution in [0.1, 0.15) is 24.1 Å². The van der Waals surface area contributed by atoms with Gasteiger partial charge in [-0.2, -0.15) is 0 Å². The highest BCUT2D eigenvalue weighted by atomic mass is 79.9. The second-order valence-electron chi connectivity index (χ2n) is 4.89. The highest BCUT2D eigenvalue weighted by Gasteiger charge is 2.16. The molecule has 3 N–H and O–H groups in total. The molecule has 0 aromatic heterocycles. The summed E-state index contributed by atoms with van der Waals surface area (Å²) in [7, 11) is 1.91. The van der Waals surface area contributed by atoms with Crippen LogP contribution in [0.15, 0.2) is 46.9 Å². The molecule has 0 saturated carbocycles. The third-order valence-corrected chi connectivity index (χ3v) is 4.24. The summed E-state index contributed by atoms with van der Waals surface area (Å²) in [6.07, 6.45) is 0. The summed E-state index contributed by atoms with van der Waals surface area (Å²) >= 11 is 3.41. The molecule has 1 unspecified atom stereocenters. The molecule has 3 nitrogen and oxygen atoms in total. The van der Waals surface area contributed by atoms with Crippen molar-refractivity contribution in [2.75, 3.05) is 11.9 Å². The highest BCUT2D eigenvalue weighted by molar-refractivity contribution is 9.10. The van der Waals surface area contributed by atoms with Gasteiger partial charge in [-0.15, -0.1) is 0 Å². The number of nitrogens with two attached hydrogens (primary N) is 1. The van der Waals surface area contributed by atoms with Crippen molar-refractivity contribution >= 4 is 27.5 Å². The van der Waals surface area contributed by atoms with Gasteiger partial charge in [0.05, 0.1) is 6.04 Å². The summed E-state index contributed by atoms with van der Waals surface area (Å²) in [6.45, 7) is 1.95. The van der Waals surface area contributed by atoms with Crippen LogP contribution in [-0.4, -0.2) is 12.9 Å². The molecule has 0 aliphatic heterocycles. The molecule has 0 fully saturated rings. The smallest absolute Gasteiger partial charge is 0.128 e. The SMILES string of the molecule is CC(c1ccccc1F)N(C)c1ccc(C(=N)N)c(Br)c1. The lowest BCUT2D eigenvalue weighted by molar-refractivity contribution is 0.585. The van der Waals surface area contributed by atoms with E-state index in [-0.39, 0.29) is 17.7 Å². The maximum atomic E-state index is 13.9. The molecule has 0 spiro atoms. The maximum absolute atomic E-state index is 13.9. The number of halogens is 2. The van der Waals surface area contributed by atoms with E-state index >= 15 is 0 Å². The van der Waals surface area contributed by atoms with Gasteiger partial charge in [0.15, 0.2) is 0 Å². The van der Waals surface area contributed by atoms with Crippen molar-refractivity contribution in [3.05, 3.63) is 63.9 Å². The molecule has 0 radical (unpaired) electrons. The number of rotatable bonds is 4. The van der Waals surface area contributed by atoms with Crippen LogP contribution in [0, 0.1) is 11.2 Å². The Kier molecular flexibility index (Phi) is 4.63. The van der Waals surface area contributed by atoms with E-state index in [0.29, 0.717) is 11.1 Å².